The van der Waals surface area contributed by atoms with Gasteiger partial charge in [0.2, 0.25) is 11.8 Å². The molecule has 2 aliphatic heterocycles. The molecule has 0 unspecified atom stereocenters. The summed E-state index contributed by atoms with van der Waals surface area (Å²) in [7, 11) is 0. The van der Waals surface area contributed by atoms with Crippen LogP contribution in [0.3, 0.4) is 0 Å². The van der Waals surface area contributed by atoms with Gasteiger partial charge in [0, 0.05) is 64.5 Å². The molecular weight excluding hydrogens is 483 g/mol. The van der Waals surface area contributed by atoms with E-state index in [4.69, 9.17) is 4.74 Å². The third-order valence-electron chi connectivity index (χ3n) is 7.92. The maximum Gasteiger partial charge on any atom is 0.246 e. The van der Waals surface area contributed by atoms with E-state index in [1.807, 2.05) is 40.1 Å². The van der Waals surface area contributed by atoms with E-state index in [1.54, 1.807) is 18.2 Å². The molecule has 2 amide bonds. The third kappa shape index (κ3) is 6.99. The van der Waals surface area contributed by atoms with Crippen LogP contribution in [0, 0.1) is 5.82 Å². The molecule has 202 valence electrons. The van der Waals surface area contributed by atoms with Crippen LogP contribution in [0.15, 0.2) is 54.6 Å². The Bertz CT molecular complexity index is 1100. The molecule has 7 nitrogen and oxygen atoms in total. The Morgan fingerprint density at radius 1 is 0.842 bits per heavy atom. The molecular formula is C30H37FN4O3. The van der Waals surface area contributed by atoms with E-state index in [0.29, 0.717) is 45.1 Å². The molecule has 38 heavy (non-hydrogen) atoms. The first-order chi connectivity index (χ1) is 18.5. The highest BCUT2D eigenvalue weighted by atomic mass is 19.1. The van der Waals surface area contributed by atoms with Gasteiger partial charge >= 0.3 is 0 Å². The average molecular weight is 521 g/mol. The van der Waals surface area contributed by atoms with E-state index in [-0.39, 0.29) is 17.6 Å². The number of nitrogens with zero attached hydrogens (tertiary/aromatic N) is 4. The van der Waals surface area contributed by atoms with Gasteiger partial charge < -0.3 is 14.5 Å². The number of carbonyl (C=O) groups excluding carboxylic acids is 2. The minimum Gasteiger partial charge on any atom is -0.489 e. The highest BCUT2D eigenvalue weighted by Gasteiger charge is 2.30. The minimum absolute atomic E-state index is 0.0141. The van der Waals surface area contributed by atoms with Crippen LogP contribution in [0.1, 0.15) is 30.4 Å². The zero-order valence-corrected chi connectivity index (χ0v) is 21.9. The maximum absolute atomic E-state index is 13.0. The number of amides is 2. The zero-order chi connectivity index (χ0) is 26.3. The lowest BCUT2D eigenvalue weighted by atomic mass is 9.91. The van der Waals surface area contributed by atoms with Crippen LogP contribution in [-0.2, 0) is 16.2 Å². The summed E-state index contributed by atoms with van der Waals surface area (Å²) in [6.07, 6.45) is 7.39. The molecule has 2 aromatic rings. The smallest absolute Gasteiger partial charge is 0.246 e. The number of piperazine rings is 2. The van der Waals surface area contributed by atoms with Crippen LogP contribution in [0.2, 0.25) is 0 Å². The predicted octanol–water partition coefficient (Wildman–Crippen LogP) is 3.26. The molecule has 0 bridgehead atoms. The van der Waals surface area contributed by atoms with Crippen molar-refractivity contribution in [2.75, 3.05) is 58.9 Å². The monoisotopic (exact) mass is 520 g/mol. The van der Waals surface area contributed by atoms with Gasteiger partial charge in [-0.05, 0) is 54.3 Å². The van der Waals surface area contributed by atoms with Crippen LogP contribution in [0.4, 0.5) is 4.39 Å². The number of hydrogen-bond donors (Lipinski definition) is 0. The van der Waals surface area contributed by atoms with Gasteiger partial charge in [-0.3, -0.25) is 19.4 Å². The summed E-state index contributed by atoms with van der Waals surface area (Å²) in [5, 5.41) is 0. The van der Waals surface area contributed by atoms with Crippen molar-refractivity contribution in [3.8, 4) is 5.75 Å². The lowest BCUT2D eigenvalue weighted by Crippen LogP contribution is -2.56. The molecule has 2 heterocycles. The van der Waals surface area contributed by atoms with E-state index >= 15 is 0 Å². The Kier molecular flexibility index (Phi) is 8.71. The van der Waals surface area contributed by atoms with Gasteiger partial charge in [-0.25, -0.2) is 4.39 Å². The number of rotatable bonds is 8. The van der Waals surface area contributed by atoms with Crippen molar-refractivity contribution in [1.82, 2.24) is 19.6 Å². The maximum atomic E-state index is 13.0. The first-order valence-electron chi connectivity index (χ1n) is 13.7. The molecule has 0 atom stereocenters. The average Bonchev–Trinajstić information content (AvgIpc) is 2.92. The fourth-order valence-corrected chi connectivity index (χ4v) is 5.20. The van der Waals surface area contributed by atoms with Gasteiger partial charge in [0.15, 0.2) is 0 Å². The SMILES string of the molecule is O=C(C=Cc1ccc(OCc2ccc(F)cc2)cc1)N1CCN(CC(=O)N2CCN(C3CCC3)CC2)CC1. The first kappa shape index (κ1) is 26.4. The second-order valence-electron chi connectivity index (χ2n) is 10.4. The van der Waals surface area contributed by atoms with Crippen molar-refractivity contribution in [1.29, 1.82) is 0 Å². The fraction of sp³-hybridized carbons (Fsp3) is 0.467. The fourth-order valence-electron chi connectivity index (χ4n) is 5.20. The highest BCUT2D eigenvalue weighted by molar-refractivity contribution is 5.91. The number of benzene rings is 2. The van der Waals surface area contributed by atoms with E-state index in [9.17, 15) is 14.0 Å². The van der Waals surface area contributed by atoms with Gasteiger partial charge in [-0.15, -0.1) is 0 Å². The molecule has 1 saturated carbocycles. The summed E-state index contributed by atoms with van der Waals surface area (Å²) >= 11 is 0. The van der Waals surface area contributed by atoms with E-state index in [1.165, 1.54) is 31.4 Å². The Balaban J connectivity index is 1.01. The topological polar surface area (TPSA) is 56.3 Å². The number of halogens is 1. The van der Waals surface area contributed by atoms with Crippen molar-refractivity contribution < 1.29 is 18.7 Å². The highest BCUT2D eigenvalue weighted by Crippen LogP contribution is 2.25. The molecule has 3 fully saturated rings. The summed E-state index contributed by atoms with van der Waals surface area (Å²) in [5.74, 6) is 0.645. The molecule has 5 rings (SSSR count). The Morgan fingerprint density at radius 2 is 1.50 bits per heavy atom. The first-order valence-corrected chi connectivity index (χ1v) is 13.7. The van der Waals surface area contributed by atoms with Crippen LogP contribution >= 0.6 is 0 Å². The molecule has 0 aromatic heterocycles. The standard InChI is InChI=1S/C30H37FN4O3/c31-26-9-4-25(5-10-26)23-38-28-11-6-24(7-12-28)8-13-29(36)34-16-14-32(15-17-34)22-30(37)35-20-18-33(19-21-35)27-2-1-3-27/h4-13,27H,1-3,14-23H2. The van der Waals surface area contributed by atoms with Gasteiger partial charge in [-0.2, -0.15) is 0 Å². The normalized spacial score (nSPS) is 19.5. The molecule has 2 saturated heterocycles. The van der Waals surface area contributed by atoms with Gasteiger partial charge in [0.25, 0.3) is 0 Å². The molecule has 0 N–H and O–H groups in total. The third-order valence-corrected chi connectivity index (χ3v) is 7.92. The number of ether oxygens (including phenoxy) is 1. The van der Waals surface area contributed by atoms with Crippen molar-refractivity contribution in [3.63, 3.8) is 0 Å². The number of carbonyl (C=O) groups is 2. The van der Waals surface area contributed by atoms with Gasteiger partial charge in [-0.1, -0.05) is 30.7 Å². The van der Waals surface area contributed by atoms with Crippen molar-refractivity contribution in [2.45, 2.75) is 31.9 Å². The number of hydrogen-bond acceptors (Lipinski definition) is 5. The Hall–Kier alpha value is -3.23. The van der Waals surface area contributed by atoms with Gasteiger partial charge in [0.1, 0.15) is 18.2 Å². The predicted molar refractivity (Wildman–Crippen MR) is 145 cm³/mol. The Morgan fingerprint density at radius 3 is 2.13 bits per heavy atom. The molecule has 0 radical (unpaired) electrons. The van der Waals surface area contributed by atoms with Crippen LogP contribution in [0.25, 0.3) is 6.08 Å². The zero-order valence-electron chi connectivity index (χ0n) is 21.9. The van der Waals surface area contributed by atoms with Crippen LogP contribution in [0.5, 0.6) is 5.75 Å². The van der Waals surface area contributed by atoms with E-state index in [2.05, 4.69) is 9.80 Å². The summed E-state index contributed by atoms with van der Waals surface area (Å²) < 4.78 is 18.8. The lowest BCUT2D eigenvalue weighted by molar-refractivity contribution is -0.135. The van der Waals surface area contributed by atoms with Crippen LogP contribution < -0.4 is 4.74 Å². The Labute approximate surface area is 224 Å². The summed E-state index contributed by atoms with van der Waals surface area (Å²) in [5.41, 5.74) is 1.81. The lowest BCUT2D eigenvalue weighted by Gasteiger charge is -2.43. The van der Waals surface area contributed by atoms with Crippen molar-refractivity contribution in [3.05, 3.63) is 71.6 Å². The van der Waals surface area contributed by atoms with Crippen molar-refractivity contribution >= 4 is 17.9 Å². The van der Waals surface area contributed by atoms with E-state index < -0.39 is 0 Å². The molecule has 0 spiro atoms. The minimum atomic E-state index is -0.264. The summed E-state index contributed by atoms with van der Waals surface area (Å²) in [6.45, 7) is 7.15. The molecule has 2 aromatic carbocycles. The van der Waals surface area contributed by atoms with Crippen LogP contribution in [-0.4, -0.2) is 96.4 Å². The second kappa shape index (κ2) is 12.5. The van der Waals surface area contributed by atoms with Gasteiger partial charge in [0.05, 0.1) is 6.54 Å². The summed E-state index contributed by atoms with van der Waals surface area (Å²) in [6, 6.07) is 14.5. The molecule has 8 heteroatoms. The quantitative estimate of drug-likeness (QED) is 0.501. The molecule has 1 aliphatic carbocycles. The second-order valence-corrected chi connectivity index (χ2v) is 10.4. The van der Waals surface area contributed by atoms with Crippen molar-refractivity contribution in [2.24, 2.45) is 0 Å². The largest absolute Gasteiger partial charge is 0.489 e. The van der Waals surface area contributed by atoms with E-state index in [0.717, 1.165) is 43.3 Å². The summed E-state index contributed by atoms with van der Waals surface area (Å²) in [4.78, 5) is 34.1. The molecule has 3 aliphatic rings.